The molecular formula is C7H9FN2O2S. The lowest BCUT2D eigenvalue weighted by atomic mass is 10.3. The minimum absolute atomic E-state index is 0.106. The van der Waals surface area contributed by atoms with Gasteiger partial charge in [0, 0.05) is 7.05 Å². The molecule has 1 rings (SSSR count). The van der Waals surface area contributed by atoms with Crippen molar-refractivity contribution in [2.75, 3.05) is 12.4 Å². The summed E-state index contributed by atoms with van der Waals surface area (Å²) in [4.78, 5) is -0.241. The van der Waals surface area contributed by atoms with Crippen molar-refractivity contribution >= 4 is 15.7 Å². The third-order valence-corrected chi connectivity index (χ3v) is 2.49. The van der Waals surface area contributed by atoms with Crippen LogP contribution in [0, 0.1) is 5.82 Å². The Kier molecular flexibility index (Phi) is 2.53. The van der Waals surface area contributed by atoms with Crippen molar-refractivity contribution in [3.63, 3.8) is 0 Å². The van der Waals surface area contributed by atoms with Gasteiger partial charge in [0.05, 0.1) is 5.69 Å². The first-order valence-corrected chi connectivity index (χ1v) is 5.00. The number of anilines is 1. The molecule has 1 aromatic rings. The highest BCUT2D eigenvalue weighted by molar-refractivity contribution is 7.89. The fourth-order valence-corrected chi connectivity index (χ4v) is 1.74. The summed E-state index contributed by atoms with van der Waals surface area (Å²) in [6.07, 6.45) is 0. The average Bonchev–Trinajstić information content (AvgIpc) is 2.02. The van der Waals surface area contributed by atoms with Crippen molar-refractivity contribution in [3.05, 3.63) is 24.0 Å². The summed E-state index contributed by atoms with van der Waals surface area (Å²) in [5.41, 5.74) is -0.106. The van der Waals surface area contributed by atoms with E-state index in [0.29, 0.717) is 0 Å². The molecule has 4 nitrogen and oxygen atoms in total. The number of hydrogen-bond acceptors (Lipinski definition) is 3. The SMILES string of the molecule is CNc1c(F)cccc1S(N)(=O)=O. The average molecular weight is 204 g/mol. The van der Waals surface area contributed by atoms with E-state index >= 15 is 0 Å². The molecule has 0 saturated heterocycles. The third-order valence-electron chi connectivity index (χ3n) is 1.53. The second kappa shape index (κ2) is 3.31. The number of nitrogens with one attached hydrogen (secondary N) is 1. The maximum atomic E-state index is 13.0. The Morgan fingerprint density at radius 1 is 1.46 bits per heavy atom. The molecule has 0 aliphatic rings. The summed E-state index contributed by atoms with van der Waals surface area (Å²) < 4.78 is 34.9. The second-order valence-electron chi connectivity index (χ2n) is 2.41. The number of benzene rings is 1. The van der Waals surface area contributed by atoms with E-state index < -0.39 is 15.8 Å². The minimum atomic E-state index is -3.87. The van der Waals surface area contributed by atoms with Crippen molar-refractivity contribution in [2.24, 2.45) is 5.14 Å². The van der Waals surface area contributed by atoms with E-state index in [-0.39, 0.29) is 10.6 Å². The Morgan fingerprint density at radius 3 is 2.46 bits per heavy atom. The topological polar surface area (TPSA) is 72.2 Å². The zero-order valence-electron chi connectivity index (χ0n) is 6.91. The first-order chi connectivity index (χ1) is 5.96. The molecule has 72 valence electrons. The van der Waals surface area contributed by atoms with Crippen molar-refractivity contribution in [3.8, 4) is 0 Å². The fraction of sp³-hybridized carbons (Fsp3) is 0.143. The van der Waals surface area contributed by atoms with Gasteiger partial charge in [0.1, 0.15) is 10.7 Å². The van der Waals surface area contributed by atoms with Gasteiger partial charge in [0.2, 0.25) is 10.0 Å². The van der Waals surface area contributed by atoms with E-state index in [4.69, 9.17) is 5.14 Å². The molecule has 0 aliphatic carbocycles. The molecule has 1 aromatic carbocycles. The van der Waals surface area contributed by atoms with Crippen molar-refractivity contribution in [1.82, 2.24) is 0 Å². The number of halogens is 1. The van der Waals surface area contributed by atoms with Crippen molar-refractivity contribution in [2.45, 2.75) is 4.90 Å². The van der Waals surface area contributed by atoms with Gasteiger partial charge in [-0.25, -0.2) is 17.9 Å². The molecule has 0 heterocycles. The van der Waals surface area contributed by atoms with E-state index in [1.807, 2.05) is 0 Å². The first kappa shape index (κ1) is 9.94. The van der Waals surface area contributed by atoms with Crippen LogP contribution in [0.5, 0.6) is 0 Å². The van der Waals surface area contributed by atoms with Crippen LogP contribution < -0.4 is 10.5 Å². The summed E-state index contributed by atoms with van der Waals surface area (Å²) in [6.45, 7) is 0. The summed E-state index contributed by atoms with van der Waals surface area (Å²) >= 11 is 0. The zero-order chi connectivity index (χ0) is 10.1. The molecule has 0 radical (unpaired) electrons. The highest BCUT2D eigenvalue weighted by atomic mass is 32.2. The van der Waals surface area contributed by atoms with Crippen molar-refractivity contribution in [1.29, 1.82) is 0 Å². The molecule has 0 fully saturated rings. The normalized spacial score (nSPS) is 11.3. The predicted octanol–water partition coefficient (Wildman–Crippen LogP) is 0.515. The molecule has 0 amide bonds. The van der Waals surface area contributed by atoms with Gasteiger partial charge in [-0.2, -0.15) is 0 Å². The van der Waals surface area contributed by atoms with Crippen LogP contribution in [0.25, 0.3) is 0 Å². The van der Waals surface area contributed by atoms with Gasteiger partial charge < -0.3 is 5.32 Å². The van der Waals surface area contributed by atoms with Gasteiger partial charge in [-0.05, 0) is 12.1 Å². The van der Waals surface area contributed by atoms with E-state index in [1.54, 1.807) is 0 Å². The Morgan fingerprint density at radius 2 is 2.08 bits per heavy atom. The van der Waals surface area contributed by atoms with Crippen molar-refractivity contribution < 1.29 is 12.8 Å². The number of sulfonamides is 1. The smallest absolute Gasteiger partial charge is 0.240 e. The number of nitrogens with two attached hydrogens (primary N) is 1. The van der Waals surface area contributed by atoms with E-state index in [0.717, 1.165) is 6.07 Å². The fourth-order valence-electron chi connectivity index (χ4n) is 0.984. The largest absolute Gasteiger partial charge is 0.385 e. The molecule has 3 N–H and O–H groups in total. The second-order valence-corrected chi connectivity index (χ2v) is 3.94. The third kappa shape index (κ3) is 1.96. The Bertz CT molecular complexity index is 417. The lowest BCUT2D eigenvalue weighted by Crippen LogP contribution is -2.14. The van der Waals surface area contributed by atoms with Gasteiger partial charge in [0.25, 0.3) is 0 Å². The van der Waals surface area contributed by atoms with Gasteiger partial charge in [-0.3, -0.25) is 0 Å². The van der Waals surface area contributed by atoms with Gasteiger partial charge in [-0.1, -0.05) is 6.07 Å². The van der Waals surface area contributed by atoms with Crippen LogP contribution in [-0.4, -0.2) is 15.5 Å². The van der Waals surface area contributed by atoms with Crippen LogP contribution in [0.3, 0.4) is 0 Å². The lowest BCUT2D eigenvalue weighted by Gasteiger charge is -2.06. The van der Waals surface area contributed by atoms with Crippen LogP contribution in [0.2, 0.25) is 0 Å². The summed E-state index contributed by atoms with van der Waals surface area (Å²) in [7, 11) is -2.45. The highest BCUT2D eigenvalue weighted by Gasteiger charge is 2.15. The van der Waals surface area contributed by atoms with E-state index in [9.17, 15) is 12.8 Å². The molecule has 0 bridgehead atoms. The summed E-state index contributed by atoms with van der Waals surface area (Å²) in [6, 6.07) is 3.68. The van der Waals surface area contributed by atoms with Gasteiger partial charge in [0.15, 0.2) is 0 Å². The van der Waals surface area contributed by atoms with E-state index in [2.05, 4.69) is 5.32 Å². The quantitative estimate of drug-likeness (QED) is 0.737. The lowest BCUT2D eigenvalue weighted by molar-refractivity contribution is 0.594. The Hall–Kier alpha value is -1.14. The van der Waals surface area contributed by atoms with Gasteiger partial charge in [-0.15, -0.1) is 0 Å². The van der Waals surface area contributed by atoms with E-state index in [1.165, 1.54) is 19.2 Å². The minimum Gasteiger partial charge on any atom is -0.385 e. The predicted molar refractivity (Wildman–Crippen MR) is 47.3 cm³/mol. The molecule has 0 unspecified atom stereocenters. The monoisotopic (exact) mass is 204 g/mol. The number of para-hydroxylation sites is 1. The van der Waals surface area contributed by atoms with Crippen LogP contribution in [0.1, 0.15) is 0 Å². The van der Waals surface area contributed by atoms with Crippen LogP contribution in [0.15, 0.2) is 23.1 Å². The Labute approximate surface area is 75.6 Å². The first-order valence-electron chi connectivity index (χ1n) is 3.46. The summed E-state index contributed by atoms with van der Waals surface area (Å²) in [5.74, 6) is -0.644. The zero-order valence-corrected chi connectivity index (χ0v) is 7.73. The molecule has 6 heteroatoms. The van der Waals surface area contributed by atoms with Gasteiger partial charge >= 0.3 is 0 Å². The standard InChI is InChI=1S/C7H9FN2O2S/c1-10-7-5(8)3-2-4-6(7)13(9,11)12/h2-4,10H,1H3,(H2,9,11,12). The number of hydrogen-bond donors (Lipinski definition) is 2. The molecular weight excluding hydrogens is 195 g/mol. The molecule has 0 spiro atoms. The molecule has 13 heavy (non-hydrogen) atoms. The number of rotatable bonds is 2. The Balaban J connectivity index is 3.47. The van der Waals surface area contributed by atoms with Crippen LogP contribution in [0.4, 0.5) is 10.1 Å². The molecule has 0 atom stereocenters. The molecule has 0 aliphatic heterocycles. The molecule has 0 aromatic heterocycles. The van der Waals surface area contributed by atoms with Crippen LogP contribution >= 0.6 is 0 Å². The van der Waals surface area contributed by atoms with Crippen LogP contribution in [-0.2, 0) is 10.0 Å². The maximum absolute atomic E-state index is 13.0. The maximum Gasteiger partial charge on any atom is 0.240 e. The summed E-state index contributed by atoms with van der Waals surface area (Å²) in [5, 5.41) is 7.30. The molecule has 0 saturated carbocycles. The number of primary sulfonamides is 1. The highest BCUT2D eigenvalue weighted by Crippen LogP contribution is 2.22.